The minimum atomic E-state index is -0.256. The van der Waals surface area contributed by atoms with Crippen LogP contribution in [0.4, 0.5) is 10.1 Å². The highest BCUT2D eigenvalue weighted by Crippen LogP contribution is 2.27. The average molecular weight is 321 g/mol. The zero-order chi connectivity index (χ0) is 13.7. The summed E-state index contributed by atoms with van der Waals surface area (Å²) in [5.74, 6) is -0.256. The molecule has 2 aromatic rings. The Labute approximate surface area is 120 Å². The standard InChI is InChI=1S/C15H14BrFN2/c1-2-15(13-9-8-11(16)10-14(13)17)19-18-12-6-4-3-5-7-12/h3-10,15H,2H2,1H3. The van der Waals surface area contributed by atoms with Gasteiger partial charge in [0.05, 0.1) is 11.7 Å². The van der Waals surface area contributed by atoms with E-state index >= 15 is 0 Å². The van der Waals surface area contributed by atoms with Crippen molar-refractivity contribution in [3.63, 3.8) is 0 Å². The van der Waals surface area contributed by atoms with Gasteiger partial charge in [-0.1, -0.05) is 47.1 Å². The van der Waals surface area contributed by atoms with Crippen LogP contribution >= 0.6 is 15.9 Å². The number of rotatable bonds is 4. The van der Waals surface area contributed by atoms with Gasteiger partial charge < -0.3 is 0 Å². The number of halogens is 2. The van der Waals surface area contributed by atoms with Gasteiger partial charge in [0.1, 0.15) is 5.82 Å². The Hall–Kier alpha value is -1.55. The van der Waals surface area contributed by atoms with Crippen LogP contribution in [-0.2, 0) is 0 Å². The summed E-state index contributed by atoms with van der Waals surface area (Å²) < 4.78 is 14.6. The molecule has 1 atom stereocenters. The zero-order valence-electron chi connectivity index (χ0n) is 10.6. The van der Waals surface area contributed by atoms with Gasteiger partial charge in [-0.25, -0.2) is 4.39 Å². The predicted octanol–water partition coefficient (Wildman–Crippen LogP) is 5.82. The molecule has 0 radical (unpaired) electrons. The van der Waals surface area contributed by atoms with Crippen molar-refractivity contribution in [3.8, 4) is 0 Å². The zero-order valence-corrected chi connectivity index (χ0v) is 12.1. The Morgan fingerprint density at radius 3 is 2.53 bits per heavy atom. The van der Waals surface area contributed by atoms with Crippen molar-refractivity contribution in [2.24, 2.45) is 10.2 Å². The second-order valence-corrected chi connectivity index (χ2v) is 5.06. The molecule has 2 nitrogen and oxygen atoms in total. The molecule has 1 unspecified atom stereocenters. The highest BCUT2D eigenvalue weighted by atomic mass is 79.9. The molecule has 0 bridgehead atoms. The van der Waals surface area contributed by atoms with E-state index in [1.165, 1.54) is 6.07 Å². The summed E-state index contributed by atoms with van der Waals surface area (Å²) >= 11 is 3.25. The van der Waals surface area contributed by atoms with E-state index in [2.05, 4.69) is 26.2 Å². The number of benzene rings is 2. The van der Waals surface area contributed by atoms with Gasteiger partial charge in [0.25, 0.3) is 0 Å². The first kappa shape index (κ1) is 13.9. The maximum Gasteiger partial charge on any atom is 0.129 e. The number of nitrogens with zero attached hydrogens (tertiary/aromatic N) is 2. The highest BCUT2D eigenvalue weighted by Gasteiger charge is 2.13. The molecule has 0 aliphatic carbocycles. The third kappa shape index (κ3) is 3.70. The molecule has 0 amide bonds. The second-order valence-electron chi connectivity index (χ2n) is 4.14. The Balaban J connectivity index is 2.23. The summed E-state index contributed by atoms with van der Waals surface area (Å²) in [5.41, 5.74) is 1.35. The largest absolute Gasteiger partial charge is 0.207 e. The normalized spacial score (nSPS) is 12.8. The average Bonchev–Trinajstić information content (AvgIpc) is 2.42. The molecule has 0 heterocycles. The molecule has 0 saturated heterocycles. The Morgan fingerprint density at radius 2 is 1.89 bits per heavy atom. The van der Waals surface area contributed by atoms with Gasteiger partial charge in [-0.05, 0) is 30.7 Å². The van der Waals surface area contributed by atoms with E-state index in [4.69, 9.17) is 0 Å². The molecular weight excluding hydrogens is 307 g/mol. The minimum Gasteiger partial charge on any atom is -0.207 e. The molecule has 0 aliphatic heterocycles. The van der Waals surface area contributed by atoms with Crippen molar-refractivity contribution in [2.75, 3.05) is 0 Å². The summed E-state index contributed by atoms with van der Waals surface area (Å²) in [5, 5.41) is 8.41. The summed E-state index contributed by atoms with van der Waals surface area (Å²) in [6.07, 6.45) is 0.703. The summed E-state index contributed by atoms with van der Waals surface area (Å²) in [6, 6.07) is 14.2. The van der Waals surface area contributed by atoms with E-state index in [1.807, 2.05) is 43.3 Å². The van der Waals surface area contributed by atoms with Crippen LogP contribution in [0.5, 0.6) is 0 Å². The number of hydrogen-bond acceptors (Lipinski definition) is 2. The SMILES string of the molecule is CCC(N=Nc1ccccc1)c1ccc(Br)cc1F. The maximum absolute atomic E-state index is 13.9. The number of azo groups is 1. The van der Waals surface area contributed by atoms with Gasteiger partial charge in [-0.15, -0.1) is 0 Å². The molecule has 4 heteroatoms. The lowest BCUT2D eigenvalue weighted by Crippen LogP contribution is -1.97. The van der Waals surface area contributed by atoms with Crippen molar-refractivity contribution >= 4 is 21.6 Å². The maximum atomic E-state index is 13.9. The van der Waals surface area contributed by atoms with Gasteiger partial charge in [-0.2, -0.15) is 10.2 Å². The van der Waals surface area contributed by atoms with Crippen molar-refractivity contribution in [2.45, 2.75) is 19.4 Å². The summed E-state index contributed by atoms with van der Waals surface area (Å²) in [7, 11) is 0. The summed E-state index contributed by atoms with van der Waals surface area (Å²) in [4.78, 5) is 0. The van der Waals surface area contributed by atoms with Crippen LogP contribution in [-0.4, -0.2) is 0 Å². The Kier molecular flexibility index (Phi) is 4.80. The first-order valence-corrected chi connectivity index (χ1v) is 6.91. The molecule has 0 aliphatic rings. The smallest absolute Gasteiger partial charge is 0.129 e. The molecule has 0 fully saturated rings. The Morgan fingerprint density at radius 1 is 1.16 bits per heavy atom. The molecule has 0 spiro atoms. The molecule has 0 aromatic heterocycles. The fourth-order valence-corrected chi connectivity index (χ4v) is 2.10. The van der Waals surface area contributed by atoms with Crippen molar-refractivity contribution < 1.29 is 4.39 Å². The van der Waals surface area contributed by atoms with Crippen molar-refractivity contribution in [1.82, 2.24) is 0 Å². The predicted molar refractivity (Wildman–Crippen MR) is 78.1 cm³/mol. The lowest BCUT2D eigenvalue weighted by atomic mass is 10.1. The van der Waals surface area contributed by atoms with Gasteiger partial charge >= 0.3 is 0 Å². The van der Waals surface area contributed by atoms with Gasteiger partial charge in [0, 0.05) is 10.0 Å². The van der Waals surface area contributed by atoms with Gasteiger partial charge in [0.2, 0.25) is 0 Å². The molecule has 19 heavy (non-hydrogen) atoms. The van der Waals surface area contributed by atoms with Crippen LogP contribution in [0.25, 0.3) is 0 Å². The monoisotopic (exact) mass is 320 g/mol. The lowest BCUT2D eigenvalue weighted by Gasteiger charge is -2.10. The van der Waals surface area contributed by atoms with Crippen molar-refractivity contribution in [3.05, 3.63) is 64.4 Å². The first-order valence-electron chi connectivity index (χ1n) is 6.11. The van der Waals surface area contributed by atoms with E-state index in [-0.39, 0.29) is 11.9 Å². The lowest BCUT2D eigenvalue weighted by molar-refractivity contribution is 0.566. The van der Waals surface area contributed by atoms with Crippen LogP contribution < -0.4 is 0 Å². The van der Waals surface area contributed by atoms with Crippen molar-refractivity contribution in [1.29, 1.82) is 0 Å². The van der Waals surface area contributed by atoms with Gasteiger partial charge in [0.15, 0.2) is 0 Å². The molecule has 98 valence electrons. The molecule has 2 rings (SSSR count). The fourth-order valence-electron chi connectivity index (χ4n) is 1.77. The van der Waals surface area contributed by atoms with Crippen LogP contribution in [0, 0.1) is 5.82 Å². The molecule has 0 N–H and O–H groups in total. The van der Waals surface area contributed by atoms with E-state index < -0.39 is 0 Å². The molecular formula is C15H14BrFN2. The van der Waals surface area contributed by atoms with E-state index in [9.17, 15) is 4.39 Å². The van der Waals surface area contributed by atoms with Crippen LogP contribution in [0.2, 0.25) is 0 Å². The topological polar surface area (TPSA) is 24.7 Å². The second kappa shape index (κ2) is 6.57. The fraction of sp³-hybridized carbons (Fsp3) is 0.200. The molecule has 0 saturated carbocycles. The third-order valence-electron chi connectivity index (χ3n) is 2.78. The van der Waals surface area contributed by atoms with E-state index in [1.54, 1.807) is 6.07 Å². The summed E-state index contributed by atoms with van der Waals surface area (Å²) in [6.45, 7) is 1.97. The van der Waals surface area contributed by atoms with Gasteiger partial charge in [-0.3, -0.25) is 0 Å². The first-order chi connectivity index (χ1) is 9.20. The minimum absolute atomic E-state index is 0.256. The van der Waals surface area contributed by atoms with Crippen LogP contribution in [0.15, 0.2) is 63.2 Å². The number of hydrogen-bond donors (Lipinski definition) is 0. The highest BCUT2D eigenvalue weighted by molar-refractivity contribution is 9.10. The molecule has 2 aromatic carbocycles. The van der Waals surface area contributed by atoms with Crippen LogP contribution in [0.3, 0.4) is 0 Å². The quantitative estimate of drug-likeness (QED) is 0.634. The third-order valence-corrected chi connectivity index (χ3v) is 3.27. The van der Waals surface area contributed by atoms with E-state index in [0.717, 1.165) is 10.2 Å². The van der Waals surface area contributed by atoms with Crippen LogP contribution in [0.1, 0.15) is 24.9 Å². The Bertz CT molecular complexity index is 570. The van der Waals surface area contributed by atoms with E-state index in [0.29, 0.717) is 12.0 Å².